The highest BCUT2D eigenvalue weighted by molar-refractivity contribution is 4.96. The Morgan fingerprint density at radius 3 is 0.742 bits per heavy atom. The second kappa shape index (κ2) is 33.8. The molecule has 0 aliphatic carbocycles. The maximum Gasteiger partial charge on any atom is 0.186 e. The largest absolute Gasteiger partial charge is 0.394 e. The first-order valence-corrected chi connectivity index (χ1v) is 28.4. The summed E-state index contributed by atoms with van der Waals surface area (Å²) in [5.41, 5.74) is 0.262. The van der Waals surface area contributed by atoms with Crippen molar-refractivity contribution >= 4 is 0 Å². The number of hydrogen-bond donors (Lipinski definition) is 16. The minimum atomic E-state index is -1.63. The molecule has 20 atom stereocenters. The van der Waals surface area contributed by atoms with Crippen LogP contribution in [0.1, 0.15) is 22.8 Å². The molecule has 4 aliphatic heterocycles. The molecule has 0 spiro atoms. The van der Waals surface area contributed by atoms with Crippen molar-refractivity contribution in [2.45, 2.75) is 175 Å². The molecule has 40 heteroatoms. The van der Waals surface area contributed by atoms with Crippen molar-refractivity contribution in [3.63, 3.8) is 0 Å². The van der Waals surface area contributed by atoms with Crippen LogP contribution in [-0.2, 0) is 109 Å². The third-order valence-electron chi connectivity index (χ3n) is 14.8. The maximum atomic E-state index is 10.4. The van der Waals surface area contributed by atoms with Crippen LogP contribution in [0.2, 0.25) is 0 Å². The topological polar surface area (TPSA) is 557 Å². The van der Waals surface area contributed by atoms with Crippen molar-refractivity contribution < 1.29 is 139 Å². The van der Waals surface area contributed by atoms with Crippen molar-refractivity contribution in [2.75, 3.05) is 79.3 Å². The van der Waals surface area contributed by atoms with Crippen LogP contribution < -0.4 is 0 Å². The lowest BCUT2D eigenvalue weighted by molar-refractivity contribution is -0.301. The van der Waals surface area contributed by atoms with E-state index in [1.54, 1.807) is 24.8 Å². The molecular formula is C49H80N12O28. The van der Waals surface area contributed by atoms with Crippen LogP contribution >= 0.6 is 0 Å². The van der Waals surface area contributed by atoms with Gasteiger partial charge in [-0.1, -0.05) is 20.9 Å². The van der Waals surface area contributed by atoms with Crippen molar-refractivity contribution in [1.29, 1.82) is 0 Å². The van der Waals surface area contributed by atoms with Gasteiger partial charge in [0, 0.05) is 0 Å². The van der Waals surface area contributed by atoms with E-state index in [-0.39, 0.29) is 105 Å². The Hall–Kier alpha value is -4.56. The van der Waals surface area contributed by atoms with Crippen LogP contribution in [0.25, 0.3) is 0 Å². The van der Waals surface area contributed by atoms with E-state index in [9.17, 15) is 81.7 Å². The molecule has 0 amide bonds. The number of aromatic nitrogens is 12. The van der Waals surface area contributed by atoms with Gasteiger partial charge in [-0.2, -0.15) is 0 Å². The fourth-order valence-corrected chi connectivity index (χ4v) is 9.66. The third-order valence-corrected chi connectivity index (χ3v) is 14.8. The predicted molar refractivity (Wildman–Crippen MR) is 280 cm³/mol. The summed E-state index contributed by atoms with van der Waals surface area (Å²) in [7, 11) is 0. The molecule has 0 saturated carbocycles. The summed E-state index contributed by atoms with van der Waals surface area (Å²) in [6, 6.07) is 0. The van der Waals surface area contributed by atoms with Crippen LogP contribution in [0.3, 0.4) is 0 Å². The van der Waals surface area contributed by atoms with Crippen LogP contribution in [0.4, 0.5) is 0 Å². The number of aliphatic hydroxyl groups is 16. The molecule has 504 valence electrons. The van der Waals surface area contributed by atoms with Crippen molar-refractivity contribution in [1.82, 2.24) is 60.0 Å². The fourth-order valence-electron chi connectivity index (χ4n) is 9.66. The lowest BCUT2D eigenvalue weighted by Crippen LogP contribution is -2.59. The molecular weight excluding hydrogens is 1200 g/mol. The molecule has 4 fully saturated rings. The summed E-state index contributed by atoms with van der Waals surface area (Å²) < 4.78 is 74.9. The molecule has 8 heterocycles. The molecule has 0 unspecified atom stereocenters. The minimum Gasteiger partial charge on any atom is -0.394 e. The molecule has 89 heavy (non-hydrogen) atoms. The normalized spacial score (nSPS) is 32.9. The summed E-state index contributed by atoms with van der Waals surface area (Å²) in [4.78, 5) is 0. The van der Waals surface area contributed by atoms with Gasteiger partial charge in [0.15, 0.2) is 25.2 Å². The van der Waals surface area contributed by atoms with Crippen molar-refractivity contribution in [3.05, 3.63) is 47.6 Å². The molecule has 0 radical (unpaired) electrons. The summed E-state index contributed by atoms with van der Waals surface area (Å²) >= 11 is 0. The van der Waals surface area contributed by atoms with Crippen LogP contribution in [0, 0.1) is 5.41 Å². The SMILES string of the molecule is OC[C@H]1O[C@@H](OCCn2cc(COCC(COCc3cn(CCO[C@@H]4O[C@H](CO)[C@@H](O)[C@H](O)[C@@H]4O)nn3)(COCc3cn(CCO[C@@H]4O[C@H](CO)[C@@H](O)[C@H](O)[C@@H]4O)nn3)COCc3cn(CCO[C@@H]4O[C@H](CO)[C@@H](O)[C@H](O)[C@@H]4O)nn3)nn2)[C@@H](O)[C@@H](O)[C@@H]1O. The highest BCUT2D eigenvalue weighted by atomic mass is 16.7. The van der Waals surface area contributed by atoms with Gasteiger partial charge in [-0.05, 0) is 0 Å². The number of hydrogen-bond acceptors (Lipinski definition) is 36. The zero-order chi connectivity index (χ0) is 63.8. The van der Waals surface area contributed by atoms with Gasteiger partial charge in [-0.3, -0.25) is 0 Å². The zero-order valence-corrected chi connectivity index (χ0v) is 47.9. The first-order valence-electron chi connectivity index (χ1n) is 28.4. The number of aliphatic hydroxyl groups excluding tert-OH is 16. The molecule has 0 bridgehead atoms. The summed E-state index contributed by atoms with van der Waals surface area (Å²) in [6.45, 7) is -3.59. The van der Waals surface area contributed by atoms with Gasteiger partial charge in [-0.15, -0.1) is 20.4 Å². The van der Waals surface area contributed by atoms with Gasteiger partial charge in [-0.25, -0.2) is 18.7 Å². The van der Waals surface area contributed by atoms with E-state index in [4.69, 9.17) is 56.8 Å². The molecule has 40 nitrogen and oxygen atoms in total. The van der Waals surface area contributed by atoms with E-state index in [0.717, 1.165) is 0 Å². The smallest absolute Gasteiger partial charge is 0.186 e. The van der Waals surface area contributed by atoms with Gasteiger partial charge in [0.05, 0.1) is 162 Å². The highest BCUT2D eigenvalue weighted by Gasteiger charge is 2.47. The molecule has 16 N–H and O–H groups in total. The van der Waals surface area contributed by atoms with E-state index < -0.39 is 155 Å². The van der Waals surface area contributed by atoms with E-state index in [1.807, 2.05) is 0 Å². The Kier molecular flexibility index (Phi) is 26.7. The molecule has 4 aromatic rings. The lowest BCUT2D eigenvalue weighted by Gasteiger charge is -2.39. The average molecular weight is 1290 g/mol. The van der Waals surface area contributed by atoms with Gasteiger partial charge in [0.2, 0.25) is 0 Å². The van der Waals surface area contributed by atoms with Crippen molar-refractivity contribution in [2.24, 2.45) is 5.41 Å². The van der Waals surface area contributed by atoms with E-state index in [1.165, 1.54) is 18.7 Å². The monoisotopic (exact) mass is 1280 g/mol. The standard InChI is InChI=1S/C49H80N12O28/c62-13-29-33(66)37(70)41(74)45(86-29)82-5-1-58-9-25(50-54-58)17-78-21-49(22-79-18-26-10-59(55-51-26)2-6-83-46-42(75)38(71)34(67)30(14-63)87-46,23-80-19-27-11-60(56-52-27)3-7-84-47-43(76)39(72)35(68)31(15-64)88-47)24-81-20-28-12-61(57-53-28)4-8-85-48-44(77)40(73)36(69)32(16-65)89-48/h9-12,29-48,62-77H,1-8,13-24H2/t29-,30-,31-,32-,33-,34-,35-,36-,37+,38+,39+,40+,41+,42+,43+,44+,45-,46-,47-,48-/m1/s1. The van der Waals surface area contributed by atoms with Crippen LogP contribution in [-0.4, -0.2) is 344 Å². The quantitative estimate of drug-likeness (QED) is 0.0201. The van der Waals surface area contributed by atoms with E-state index in [2.05, 4.69) is 41.2 Å². The fraction of sp³-hybridized carbons (Fsp3) is 0.837. The lowest BCUT2D eigenvalue weighted by atomic mass is 9.92. The van der Waals surface area contributed by atoms with E-state index >= 15 is 0 Å². The maximum absolute atomic E-state index is 10.4. The van der Waals surface area contributed by atoms with Crippen LogP contribution in [0.15, 0.2) is 24.8 Å². The van der Waals surface area contributed by atoms with Gasteiger partial charge >= 0.3 is 0 Å². The Morgan fingerprint density at radius 1 is 0.326 bits per heavy atom. The summed E-state index contributed by atoms with van der Waals surface area (Å²) in [6.07, 6.45) is -23.1. The first-order chi connectivity index (χ1) is 42.8. The van der Waals surface area contributed by atoms with Crippen molar-refractivity contribution in [3.8, 4) is 0 Å². The second-order valence-corrected chi connectivity index (χ2v) is 21.6. The van der Waals surface area contributed by atoms with Gasteiger partial charge < -0.3 is 139 Å². The van der Waals surface area contributed by atoms with Gasteiger partial charge in [0.1, 0.15) is 120 Å². The Morgan fingerprint density at radius 2 is 0.539 bits per heavy atom. The molecule has 4 aliphatic rings. The van der Waals surface area contributed by atoms with Gasteiger partial charge in [0.25, 0.3) is 0 Å². The highest BCUT2D eigenvalue weighted by Crippen LogP contribution is 2.27. The molecule has 4 saturated heterocycles. The van der Waals surface area contributed by atoms with Crippen LogP contribution in [0.5, 0.6) is 0 Å². The average Bonchev–Trinajstić information content (AvgIpc) is 3.82. The Bertz CT molecular complexity index is 2310. The minimum absolute atomic E-state index is 0.0865. The first kappa shape index (κ1) is 70.3. The summed E-state index contributed by atoms with van der Waals surface area (Å²) in [5, 5.41) is 194. The van der Waals surface area contributed by atoms with E-state index in [0.29, 0.717) is 22.8 Å². The number of nitrogens with zero attached hydrogens (tertiary/aromatic N) is 12. The molecule has 4 aromatic heterocycles. The Labute approximate surface area is 505 Å². The third kappa shape index (κ3) is 18.8. The Balaban J connectivity index is 0.924. The number of rotatable bonds is 36. The zero-order valence-electron chi connectivity index (χ0n) is 47.9. The second-order valence-electron chi connectivity index (χ2n) is 21.6. The predicted octanol–water partition coefficient (Wildman–Crippen LogP) is -11.5. The number of ether oxygens (including phenoxy) is 12. The summed E-state index contributed by atoms with van der Waals surface area (Å²) in [5.74, 6) is 0. The molecule has 8 rings (SSSR count). The molecule has 0 aromatic carbocycles.